The molecule has 1 aliphatic rings. The topological polar surface area (TPSA) is 54.6 Å². The molecule has 7 heteroatoms. The molecule has 0 radical (unpaired) electrons. The Balaban J connectivity index is 2.08. The molecule has 2 rings (SSSR count). The molecule has 0 aliphatic carbocycles. The van der Waals surface area contributed by atoms with E-state index in [2.05, 4.69) is 26.6 Å². The number of ether oxygens (including phenoxy) is 1. The van der Waals surface area contributed by atoms with Crippen LogP contribution >= 0.6 is 0 Å². The predicted octanol–water partition coefficient (Wildman–Crippen LogP) is 1.02. The number of nitrogen functional groups attached to an aromatic ring is 1. The number of alkyl halides is 2. The lowest BCUT2D eigenvalue weighted by Gasteiger charge is -2.33. The van der Waals surface area contributed by atoms with Gasteiger partial charge in [0.05, 0.1) is 17.6 Å². The number of anilines is 2. The van der Waals surface area contributed by atoms with E-state index in [9.17, 15) is 8.78 Å². The quantitative estimate of drug-likeness (QED) is 0.877. The standard InChI is InChI=1S/C11H16F2N4O/c1-16-2-4-17(5-3-16)8-6-9(14)10(15-7-8)18-11(12)13/h6-7,11H,2-5,14H2,1H3. The Morgan fingerprint density at radius 3 is 2.56 bits per heavy atom. The van der Waals surface area contributed by atoms with Crippen LogP contribution in [0.3, 0.4) is 0 Å². The fraction of sp³-hybridized carbons (Fsp3) is 0.545. The number of hydrogen-bond donors (Lipinski definition) is 1. The summed E-state index contributed by atoms with van der Waals surface area (Å²) in [6, 6.07) is 1.62. The first-order valence-corrected chi connectivity index (χ1v) is 5.70. The van der Waals surface area contributed by atoms with Gasteiger partial charge in [0, 0.05) is 26.2 Å². The molecule has 5 nitrogen and oxygen atoms in total. The van der Waals surface area contributed by atoms with Crippen molar-refractivity contribution in [3.63, 3.8) is 0 Å². The molecule has 2 N–H and O–H groups in total. The molecule has 0 bridgehead atoms. The summed E-state index contributed by atoms with van der Waals surface area (Å²) >= 11 is 0. The van der Waals surface area contributed by atoms with Crippen LogP contribution in [-0.2, 0) is 0 Å². The second-order valence-electron chi connectivity index (χ2n) is 4.26. The highest BCUT2D eigenvalue weighted by Gasteiger charge is 2.16. The minimum Gasteiger partial charge on any atom is -0.415 e. The summed E-state index contributed by atoms with van der Waals surface area (Å²) in [5, 5.41) is 0. The van der Waals surface area contributed by atoms with E-state index in [1.54, 1.807) is 6.07 Å². The zero-order valence-corrected chi connectivity index (χ0v) is 10.1. The Morgan fingerprint density at radius 2 is 2.00 bits per heavy atom. The van der Waals surface area contributed by atoms with Crippen LogP contribution in [0.1, 0.15) is 0 Å². The minimum atomic E-state index is -2.91. The summed E-state index contributed by atoms with van der Waals surface area (Å²) in [4.78, 5) is 8.17. The zero-order valence-electron chi connectivity index (χ0n) is 10.1. The van der Waals surface area contributed by atoms with Gasteiger partial charge in [0.2, 0.25) is 5.88 Å². The van der Waals surface area contributed by atoms with Crippen molar-refractivity contribution in [1.82, 2.24) is 9.88 Å². The van der Waals surface area contributed by atoms with Crippen LogP contribution in [-0.4, -0.2) is 49.7 Å². The van der Waals surface area contributed by atoms with Gasteiger partial charge in [0.1, 0.15) is 0 Å². The van der Waals surface area contributed by atoms with Gasteiger partial charge >= 0.3 is 6.61 Å². The average molecular weight is 258 g/mol. The van der Waals surface area contributed by atoms with Crippen LogP contribution in [0.2, 0.25) is 0 Å². The van der Waals surface area contributed by atoms with Crippen molar-refractivity contribution < 1.29 is 13.5 Å². The number of rotatable bonds is 3. The monoisotopic (exact) mass is 258 g/mol. The number of aromatic nitrogens is 1. The fourth-order valence-corrected chi connectivity index (χ4v) is 1.88. The number of pyridine rings is 1. The van der Waals surface area contributed by atoms with Crippen molar-refractivity contribution in [2.24, 2.45) is 0 Å². The summed E-state index contributed by atoms with van der Waals surface area (Å²) in [6.45, 7) is 0.735. The molecule has 0 amide bonds. The first-order valence-electron chi connectivity index (χ1n) is 5.70. The van der Waals surface area contributed by atoms with Crippen molar-refractivity contribution in [2.45, 2.75) is 6.61 Å². The number of halogens is 2. The van der Waals surface area contributed by atoms with Gasteiger partial charge < -0.3 is 20.3 Å². The van der Waals surface area contributed by atoms with Gasteiger partial charge in [0.15, 0.2) is 0 Å². The summed E-state index contributed by atoms with van der Waals surface area (Å²) in [5.41, 5.74) is 6.61. The van der Waals surface area contributed by atoms with Gasteiger partial charge in [-0.1, -0.05) is 0 Å². The van der Waals surface area contributed by atoms with Crippen molar-refractivity contribution in [3.8, 4) is 5.88 Å². The van der Waals surface area contributed by atoms with Crippen LogP contribution in [0.5, 0.6) is 5.88 Å². The highest BCUT2D eigenvalue weighted by atomic mass is 19.3. The Hall–Kier alpha value is -1.63. The maximum Gasteiger partial charge on any atom is 0.388 e. The Kier molecular flexibility index (Phi) is 3.81. The van der Waals surface area contributed by atoms with Crippen LogP contribution < -0.4 is 15.4 Å². The molecule has 18 heavy (non-hydrogen) atoms. The number of likely N-dealkylation sites (N-methyl/N-ethyl adjacent to an activating group) is 1. The largest absolute Gasteiger partial charge is 0.415 e. The number of piperazine rings is 1. The molecule has 0 unspecified atom stereocenters. The second-order valence-corrected chi connectivity index (χ2v) is 4.26. The third kappa shape index (κ3) is 2.98. The molecule has 0 atom stereocenters. The van der Waals surface area contributed by atoms with E-state index in [-0.39, 0.29) is 11.6 Å². The lowest BCUT2D eigenvalue weighted by Crippen LogP contribution is -2.44. The van der Waals surface area contributed by atoms with Crippen molar-refractivity contribution in [3.05, 3.63) is 12.3 Å². The maximum absolute atomic E-state index is 12.1. The Morgan fingerprint density at radius 1 is 1.33 bits per heavy atom. The Bertz CT molecular complexity index is 408. The van der Waals surface area contributed by atoms with E-state index in [0.717, 1.165) is 31.9 Å². The van der Waals surface area contributed by atoms with Gasteiger partial charge in [-0.25, -0.2) is 4.98 Å². The highest BCUT2D eigenvalue weighted by Crippen LogP contribution is 2.25. The molecule has 1 fully saturated rings. The normalized spacial score (nSPS) is 17.2. The fourth-order valence-electron chi connectivity index (χ4n) is 1.88. The van der Waals surface area contributed by atoms with E-state index in [1.165, 1.54) is 6.20 Å². The maximum atomic E-state index is 12.1. The molecule has 0 aromatic carbocycles. The molecule has 2 heterocycles. The van der Waals surface area contributed by atoms with Gasteiger partial charge in [-0.05, 0) is 13.1 Å². The molecule has 0 saturated carbocycles. The molecule has 1 aliphatic heterocycles. The predicted molar refractivity (Wildman–Crippen MR) is 65.0 cm³/mol. The van der Waals surface area contributed by atoms with Crippen LogP contribution in [0, 0.1) is 0 Å². The Labute approximate surface area is 104 Å². The van der Waals surface area contributed by atoms with Gasteiger partial charge in [-0.3, -0.25) is 0 Å². The molecule has 0 spiro atoms. The lowest BCUT2D eigenvalue weighted by molar-refractivity contribution is -0.0522. The zero-order chi connectivity index (χ0) is 13.1. The molecule has 1 aromatic heterocycles. The summed E-state index contributed by atoms with van der Waals surface area (Å²) in [6.07, 6.45) is 1.51. The summed E-state index contributed by atoms with van der Waals surface area (Å²) in [5.74, 6) is -0.220. The SMILES string of the molecule is CN1CCN(c2cnc(OC(F)F)c(N)c2)CC1. The molecule has 100 valence electrons. The van der Waals surface area contributed by atoms with Gasteiger partial charge in [-0.2, -0.15) is 8.78 Å². The smallest absolute Gasteiger partial charge is 0.388 e. The van der Waals surface area contributed by atoms with Crippen molar-refractivity contribution in [1.29, 1.82) is 0 Å². The number of hydrogen-bond acceptors (Lipinski definition) is 5. The molecule has 1 saturated heterocycles. The van der Waals surface area contributed by atoms with Crippen molar-refractivity contribution in [2.75, 3.05) is 43.9 Å². The van der Waals surface area contributed by atoms with Crippen LogP contribution in [0.25, 0.3) is 0 Å². The average Bonchev–Trinajstić information content (AvgIpc) is 2.32. The molecular weight excluding hydrogens is 242 g/mol. The number of nitrogens with zero attached hydrogens (tertiary/aromatic N) is 3. The molecular formula is C11H16F2N4O. The highest BCUT2D eigenvalue weighted by molar-refractivity contribution is 5.59. The number of nitrogens with two attached hydrogens (primary N) is 1. The van der Waals surface area contributed by atoms with E-state index >= 15 is 0 Å². The van der Waals surface area contributed by atoms with Gasteiger partial charge in [0.25, 0.3) is 0 Å². The van der Waals surface area contributed by atoms with Crippen molar-refractivity contribution >= 4 is 11.4 Å². The summed E-state index contributed by atoms with van der Waals surface area (Å²) < 4.78 is 28.3. The van der Waals surface area contributed by atoms with E-state index in [0.29, 0.717) is 0 Å². The third-order valence-corrected chi connectivity index (χ3v) is 2.93. The first kappa shape index (κ1) is 12.8. The second kappa shape index (κ2) is 5.34. The molecule has 1 aromatic rings. The van der Waals surface area contributed by atoms with E-state index < -0.39 is 6.61 Å². The van der Waals surface area contributed by atoms with E-state index in [4.69, 9.17) is 5.73 Å². The lowest BCUT2D eigenvalue weighted by atomic mass is 10.2. The van der Waals surface area contributed by atoms with E-state index in [1.807, 2.05) is 0 Å². The van der Waals surface area contributed by atoms with Crippen LogP contribution in [0.4, 0.5) is 20.2 Å². The summed E-state index contributed by atoms with van der Waals surface area (Å²) in [7, 11) is 2.06. The third-order valence-electron chi connectivity index (χ3n) is 2.93. The first-order chi connectivity index (χ1) is 8.56. The van der Waals surface area contributed by atoms with Gasteiger partial charge in [-0.15, -0.1) is 0 Å². The van der Waals surface area contributed by atoms with Crippen LogP contribution in [0.15, 0.2) is 12.3 Å². The minimum absolute atomic E-state index is 0.131.